The molecule has 0 saturated heterocycles. The highest BCUT2D eigenvalue weighted by atomic mass is 32.1. The predicted octanol–water partition coefficient (Wildman–Crippen LogP) is 18.4. The summed E-state index contributed by atoms with van der Waals surface area (Å²) in [6.45, 7) is 0. The van der Waals surface area contributed by atoms with Crippen molar-refractivity contribution in [3.8, 4) is 78.9 Å². The van der Waals surface area contributed by atoms with Crippen LogP contribution < -0.4 is 0 Å². The summed E-state index contributed by atoms with van der Waals surface area (Å²) in [5, 5.41) is 7.44. The van der Waals surface area contributed by atoms with Crippen molar-refractivity contribution in [3.05, 3.63) is 261 Å². The zero-order valence-corrected chi connectivity index (χ0v) is 41.3. The van der Waals surface area contributed by atoms with Gasteiger partial charge in [-0.15, -0.1) is 11.3 Å². The first-order valence-electron chi connectivity index (χ1n) is 25.3. The molecule has 4 heterocycles. The summed E-state index contributed by atoms with van der Waals surface area (Å²) in [7, 11) is 0. The van der Waals surface area contributed by atoms with Gasteiger partial charge in [0.05, 0.1) is 31.5 Å². The second-order valence-electron chi connectivity index (χ2n) is 19.1. The molecule has 0 spiro atoms. The second-order valence-corrected chi connectivity index (χ2v) is 20.1. The van der Waals surface area contributed by atoms with E-state index in [1.54, 1.807) is 0 Å². The van der Waals surface area contributed by atoms with Crippen LogP contribution in [0.4, 0.5) is 0 Å². The number of hydrogen-bond donors (Lipinski definition) is 0. The van der Waals surface area contributed by atoms with E-state index in [9.17, 15) is 0 Å². The van der Waals surface area contributed by atoms with E-state index in [4.69, 9.17) is 15.0 Å². The first-order valence-corrected chi connectivity index (χ1v) is 26.2. The third-order valence-electron chi connectivity index (χ3n) is 14.8. The van der Waals surface area contributed by atoms with Crippen LogP contribution in [0.1, 0.15) is 0 Å². The van der Waals surface area contributed by atoms with E-state index < -0.39 is 0 Å². The van der Waals surface area contributed by atoms with Crippen LogP contribution in [0.3, 0.4) is 0 Å². The number of para-hydroxylation sites is 2. The van der Waals surface area contributed by atoms with Crippen LogP contribution in [-0.2, 0) is 0 Å². The average molecular weight is 974 g/mol. The third-order valence-corrected chi connectivity index (χ3v) is 16.0. The quantitative estimate of drug-likeness (QED) is 0.152. The average Bonchev–Trinajstić information content (AvgIpc) is 4.26. The van der Waals surface area contributed by atoms with E-state index in [-0.39, 0.29) is 0 Å². The van der Waals surface area contributed by atoms with E-state index in [0.29, 0.717) is 17.5 Å². The summed E-state index contributed by atoms with van der Waals surface area (Å²) in [5.74, 6) is 1.84. The molecule has 5 nitrogen and oxygen atoms in total. The maximum absolute atomic E-state index is 5.31. The van der Waals surface area contributed by atoms with E-state index in [2.05, 4.69) is 258 Å². The van der Waals surface area contributed by atoms with Gasteiger partial charge in [-0.25, -0.2) is 15.0 Å². The van der Waals surface area contributed by atoms with Crippen molar-refractivity contribution < 1.29 is 0 Å². The zero-order chi connectivity index (χ0) is 49.4. The SMILES string of the molecule is c1ccc(-c2cccc(-n3c4ccccc4c4ccc5c6ccc7c8ccccc8n(-c8ccc(-c9nc(-c%10ccccc%10-c%10ccccc%10)nc(-c%10ccccc%10-c%10ccccc%10)n9)cc8)c7c6sc5c43)c2)cc1. The minimum Gasteiger partial charge on any atom is -0.308 e. The summed E-state index contributed by atoms with van der Waals surface area (Å²) in [4.78, 5) is 15.9. The summed E-state index contributed by atoms with van der Waals surface area (Å²) < 4.78 is 7.47. The maximum atomic E-state index is 5.31. The molecule has 0 fully saturated rings. The first-order chi connectivity index (χ1) is 37.2. The standard InChI is InChI=1S/C69H43N5S/c1-4-19-44(20-5-1)48-25-18-26-50(43-48)74-62-34-17-15-30-54(62)56-40-42-58-57-41-39-55-53-29-14-16-33-61(53)73(63(55)65(57)75-66(58)64(56)74)49-37-35-47(36-38-49)67-70-68(59-31-12-10-27-51(59)45-21-6-2-7-22-45)72-69(71-67)60-32-13-11-28-52(60)46-23-8-3-9-24-46/h1-43H. The Morgan fingerprint density at radius 1 is 0.253 bits per heavy atom. The Balaban J connectivity index is 0.921. The Morgan fingerprint density at radius 3 is 1.20 bits per heavy atom. The van der Waals surface area contributed by atoms with Crippen molar-refractivity contribution in [2.24, 2.45) is 0 Å². The van der Waals surface area contributed by atoms with Gasteiger partial charge in [-0.3, -0.25) is 0 Å². The van der Waals surface area contributed by atoms with Gasteiger partial charge in [-0.05, 0) is 81.9 Å². The van der Waals surface area contributed by atoms with E-state index in [1.807, 2.05) is 23.5 Å². The molecule has 0 unspecified atom stereocenters. The molecule has 0 aliphatic carbocycles. The Bertz CT molecular complexity index is 4590. The summed E-state index contributed by atoms with van der Waals surface area (Å²) in [6.07, 6.45) is 0. The lowest BCUT2D eigenvalue weighted by molar-refractivity contribution is 1.07. The summed E-state index contributed by atoms with van der Waals surface area (Å²) >= 11 is 1.90. The molecule has 15 aromatic rings. The molecule has 6 heteroatoms. The van der Waals surface area contributed by atoms with Crippen LogP contribution in [0.25, 0.3) is 143 Å². The summed E-state index contributed by atoms with van der Waals surface area (Å²) in [6, 6.07) is 93.1. The fourth-order valence-corrected chi connectivity index (χ4v) is 12.8. The Kier molecular flexibility index (Phi) is 10.00. The minimum atomic E-state index is 0.607. The lowest BCUT2D eigenvalue weighted by atomic mass is 9.98. The van der Waals surface area contributed by atoms with Crippen molar-refractivity contribution >= 4 is 75.1 Å². The van der Waals surface area contributed by atoms with Gasteiger partial charge in [0.15, 0.2) is 17.5 Å². The Hall–Kier alpha value is -9.75. The number of aromatic nitrogens is 5. The van der Waals surface area contributed by atoms with Gasteiger partial charge in [0.1, 0.15) is 0 Å². The van der Waals surface area contributed by atoms with Gasteiger partial charge in [0.25, 0.3) is 0 Å². The number of fused-ring (bicyclic) bond motifs is 11. The minimum absolute atomic E-state index is 0.607. The molecule has 350 valence electrons. The number of hydrogen-bond acceptors (Lipinski definition) is 4. The van der Waals surface area contributed by atoms with Crippen LogP contribution in [0.2, 0.25) is 0 Å². The van der Waals surface area contributed by atoms with Gasteiger partial charge in [0, 0.05) is 60.4 Å². The number of rotatable bonds is 8. The molecule has 0 atom stereocenters. The fraction of sp³-hybridized carbons (Fsp3) is 0. The van der Waals surface area contributed by atoms with E-state index in [0.717, 1.165) is 55.8 Å². The van der Waals surface area contributed by atoms with Crippen LogP contribution >= 0.6 is 11.3 Å². The second kappa shape index (κ2) is 17.5. The smallest absolute Gasteiger partial charge is 0.164 e. The fourth-order valence-electron chi connectivity index (χ4n) is 11.4. The Morgan fingerprint density at radius 2 is 0.667 bits per heavy atom. The highest BCUT2D eigenvalue weighted by Crippen LogP contribution is 2.47. The van der Waals surface area contributed by atoms with Crippen molar-refractivity contribution in [2.75, 3.05) is 0 Å². The molecule has 75 heavy (non-hydrogen) atoms. The van der Waals surface area contributed by atoms with Crippen LogP contribution in [-0.4, -0.2) is 24.1 Å². The van der Waals surface area contributed by atoms with Crippen molar-refractivity contribution in [1.82, 2.24) is 24.1 Å². The normalized spacial score (nSPS) is 11.7. The molecule has 0 bridgehead atoms. The third kappa shape index (κ3) is 7.03. The van der Waals surface area contributed by atoms with Crippen LogP contribution in [0.15, 0.2) is 261 Å². The lowest BCUT2D eigenvalue weighted by Crippen LogP contribution is -2.02. The molecular formula is C69H43N5S. The lowest BCUT2D eigenvalue weighted by Gasteiger charge is -2.14. The molecule has 4 aromatic heterocycles. The number of benzene rings is 11. The van der Waals surface area contributed by atoms with Gasteiger partial charge < -0.3 is 9.13 Å². The molecule has 0 amide bonds. The van der Waals surface area contributed by atoms with Gasteiger partial charge >= 0.3 is 0 Å². The summed E-state index contributed by atoms with van der Waals surface area (Å²) in [5.41, 5.74) is 16.5. The molecule has 15 rings (SSSR count). The topological polar surface area (TPSA) is 48.5 Å². The van der Waals surface area contributed by atoms with Gasteiger partial charge in [0.2, 0.25) is 0 Å². The molecule has 0 aliphatic rings. The largest absolute Gasteiger partial charge is 0.308 e. The van der Waals surface area contributed by atoms with E-state index in [1.165, 1.54) is 69.4 Å². The number of thiophene rings is 1. The molecule has 0 N–H and O–H groups in total. The van der Waals surface area contributed by atoms with Crippen LogP contribution in [0, 0.1) is 0 Å². The molecule has 11 aromatic carbocycles. The van der Waals surface area contributed by atoms with Crippen LogP contribution in [0.5, 0.6) is 0 Å². The van der Waals surface area contributed by atoms with Gasteiger partial charge in [-0.2, -0.15) is 0 Å². The maximum Gasteiger partial charge on any atom is 0.164 e. The van der Waals surface area contributed by atoms with E-state index >= 15 is 0 Å². The molecule has 0 saturated carbocycles. The van der Waals surface area contributed by atoms with Crippen molar-refractivity contribution in [2.45, 2.75) is 0 Å². The highest BCUT2D eigenvalue weighted by Gasteiger charge is 2.23. The monoisotopic (exact) mass is 973 g/mol. The highest BCUT2D eigenvalue weighted by molar-refractivity contribution is 7.27. The zero-order valence-electron chi connectivity index (χ0n) is 40.5. The van der Waals surface area contributed by atoms with Gasteiger partial charge in [-0.1, -0.05) is 212 Å². The molecule has 0 aliphatic heterocycles. The molecular weight excluding hydrogens is 931 g/mol. The first kappa shape index (κ1) is 42.9. The predicted molar refractivity (Wildman–Crippen MR) is 314 cm³/mol. The Labute approximate surface area is 436 Å². The van der Waals surface area contributed by atoms with Crippen molar-refractivity contribution in [1.29, 1.82) is 0 Å². The van der Waals surface area contributed by atoms with Crippen molar-refractivity contribution in [3.63, 3.8) is 0 Å². The molecule has 0 radical (unpaired) electrons. The number of nitrogens with zero attached hydrogens (tertiary/aromatic N) is 5.